The van der Waals surface area contributed by atoms with Crippen LogP contribution >= 0.6 is 0 Å². The Morgan fingerprint density at radius 1 is 0.935 bits per heavy atom. The van der Waals surface area contributed by atoms with Crippen LogP contribution in [0.1, 0.15) is 36.9 Å². The summed E-state index contributed by atoms with van der Waals surface area (Å²) >= 11 is 0. The van der Waals surface area contributed by atoms with Crippen LogP contribution in [0.25, 0.3) is 21.8 Å². The highest BCUT2D eigenvalue weighted by molar-refractivity contribution is 6.08. The van der Waals surface area contributed by atoms with Gasteiger partial charge in [-0.05, 0) is 42.7 Å². The van der Waals surface area contributed by atoms with Crippen molar-refractivity contribution in [2.45, 2.75) is 38.9 Å². The molecule has 1 fully saturated rings. The van der Waals surface area contributed by atoms with Gasteiger partial charge < -0.3 is 14.8 Å². The van der Waals surface area contributed by atoms with Gasteiger partial charge in [0.1, 0.15) is 0 Å². The fraction of sp³-hybridized carbons (Fsp3) is 0.296. The Labute approximate surface area is 183 Å². The largest absolute Gasteiger partial charge is 0.341 e. The fourth-order valence-corrected chi connectivity index (χ4v) is 4.88. The zero-order valence-electron chi connectivity index (χ0n) is 18.1. The number of carbonyl (C=O) groups excluding carboxylic acids is 1. The molecule has 0 radical (unpaired) electrons. The third-order valence-corrected chi connectivity index (χ3v) is 6.48. The van der Waals surface area contributed by atoms with Crippen LogP contribution in [0.5, 0.6) is 0 Å². The molecule has 1 N–H and O–H groups in total. The van der Waals surface area contributed by atoms with Gasteiger partial charge in [-0.3, -0.25) is 4.79 Å². The van der Waals surface area contributed by atoms with Gasteiger partial charge in [0.05, 0.1) is 6.04 Å². The number of carbonyl (C=O) groups is 1. The minimum absolute atomic E-state index is 0.121. The molecule has 1 aliphatic heterocycles. The monoisotopic (exact) mass is 411 g/mol. The minimum Gasteiger partial charge on any atom is -0.341 e. The molecule has 4 nitrogen and oxygen atoms in total. The first-order valence-electron chi connectivity index (χ1n) is 11.3. The Morgan fingerprint density at radius 2 is 1.71 bits per heavy atom. The van der Waals surface area contributed by atoms with Crippen molar-refractivity contribution in [3.8, 4) is 0 Å². The molecular formula is C27H29N3O. The average molecular weight is 412 g/mol. The highest BCUT2D eigenvalue weighted by Crippen LogP contribution is 2.30. The van der Waals surface area contributed by atoms with E-state index in [1.807, 2.05) is 11.0 Å². The van der Waals surface area contributed by atoms with Crippen molar-refractivity contribution in [1.82, 2.24) is 14.8 Å². The van der Waals surface area contributed by atoms with Crippen LogP contribution in [0.4, 0.5) is 0 Å². The number of amides is 1. The number of para-hydroxylation sites is 1. The number of hydrogen-bond donors (Lipinski definition) is 1. The van der Waals surface area contributed by atoms with E-state index in [1.54, 1.807) is 0 Å². The number of rotatable bonds is 7. The first-order chi connectivity index (χ1) is 15.2. The van der Waals surface area contributed by atoms with Crippen molar-refractivity contribution in [1.29, 1.82) is 0 Å². The molecule has 1 amide bonds. The lowest BCUT2D eigenvalue weighted by Gasteiger charge is -2.25. The maximum absolute atomic E-state index is 12.2. The maximum Gasteiger partial charge on any atom is 0.222 e. The fourth-order valence-electron chi connectivity index (χ4n) is 4.88. The second-order valence-corrected chi connectivity index (χ2v) is 8.40. The number of nitrogens with zero attached hydrogens (tertiary/aromatic N) is 2. The van der Waals surface area contributed by atoms with E-state index in [2.05, 4.69) is 83.5 Å². The summed E-state index contributed by atoms with van der Waals surface area (Å²) in [4.78, 5) is 14.2. The Hall–Kier alpha value is -3.11. The highest BCUT2D eigenvalue weighted by Gasteiger charge is 2.24. The summed E-state index contributed by atoms with van der Waals surface area (Å²) in [6.45, 7) is 5.52. The van der Waals surface area contributed by atoms with E-state index in [0.717, 1.165) is 32.6 Å². The van der Waals surface area contributed by atoms with E-state index in [9.17, 15) is 4.79 Å². The minimum atomic E-state index is 0.121. The lowest BCUT2D eigenvalue weighted by atomic mass is 10.0. The first-order valence-corrected chi connectivity index (χ1v) is 11.3. The third-order valence-electron chi connectivity index (χ3n) is 6.48. The molecule has 5 rings (SSSR count). The number of hydrogen-bond acceptors (Lipinski definition) is 2. The summed E-state index contributed by atoms with van der Waals surface area (Å²) in [6, 6.07) is 26.0. The summed E-state index contributed by atoms with van der Waals surface area (Å²) < 4.78 is 2.38. The van der Waals surface area contributed by atoms with Crippen LogP contribution in [-0.4, -0.2) is 28.5 Å². The summed E-state index contributed by atoms with van der Waals surface area (Å²) in [5.74, 6) is 0.275. The van der Waals surface area contributed by atoms with E-state index >= 15 is 0 Å². The Bertz CT molecular complexity index is 1210. The van der Waals surface area contributed by atoms with Crippen LogP contribution < -0.4 is 5.32 Å². The summed E-state index contributed by atoms with van der Waals surface area (Å²) in [5, 5.41) is 6.35. The molecule has 1 aliphatic rings. The zero-order chi connectivity index (χ0) is 21.2. The maximum atomic E-state index is 12.2. The van der Waals surface area contributed by atoms with Gasteiger partial charge in [-0.2, -0.15) is 0 Å². The van der Waals surface area contributed by atoms with Gasteiger partial charge in [0, 0.05) is 54.4 Å². The second-order valence-electron chi connectivity index (χ2n) is 8.40. The second kappa shape index (κ2) is 8.56. The van der Waals surface area contributed by atoms with Gasteiger partial charge >= 0.3 is 0 Å². The Kier molecular flexibility index (Phi) is 5.47. The van der Waals surface area contributed by atoms with Gasteiger partial charge in [0.15, 0.2) is 0 Å². The smallest absolute Gasteiger partial charge is 0.222 e. The predicted octanol–water partition coefficient (Wildman–Crippen LogP) is 5.27. The number of likely N-dealkylation sites (tertiary alicyclic amines) is 1. The van der Waals surface area contributed by atoms with Crippen LogP contribution in [0.2, 0.25) is 0 Å². The normalized spacial score (nSPS) is 15.3. The van der Waals surface area contributed by atoms with Gasteiger partial charge in [-0.15, -0.1) is 0 Å². The topological polar surface area (TPSA) is 37.3 Å². The number of aromatic nitrogens is 1. The molecule has 3 aromatic carbocycles. The molecule has 1 unspecified atom stereocenters. The number of benzene rings is 3. The molecule has 31 heavy (non-hydrogen) atoms. The van der Waals surface area contributed by atoms with E-state index in [4.69, 9.17) is 0 Å². The quantitative estimate of drug-likeness (QED) is 0.450. The SMILES string of the molecule is CCn1c2ccccc2c2cc(CNC(CN3CCCC3=O)c3ccccc3)ccc21. The molecule has 2 heterocycles. The van der Waals surface area contributed by atoms with E-state index in [-0.39, 0.29) is 11.9 Å². The van der Waals surface area contributed by atoms with Crippen LogP contribution in [-0.2, 0) is 17.9 Å². The van der Waals surface area contributed by atoms with Crippen molar-refractivity contribution < 1.29 is 4.79 Å². The van der Waals surface area contributed by atoms with Gasteiger partial charge in [-0.25, -0.2) is 0 Å². The van der Waals surface area contributed by atoms with Crippen molar-refractivity contribution in [3.05, 3.63) is 83.9 Å². The molecule has 4 aromatic rings. The molecule has 1 saturated heterocycles. The number of nitrogens with one attached hydrogen (secondary N) is 1. The first kappa shape index (κ1) is 19.8. The van der Waals surface area contributed by atoms with Gasteiger partial charge in [0.2, 0.25) is 5.91 Å². The van der Waals surface area contributed by atoms with Crippen molar-refractivity contribution in [3.63, 3.8) is 0 Å². The van der Waals surface area contributed by atoms with E-state index in [1.165, 1.54) is 32.9 Å². The average Bonchev–Trinajstić information content (AvgIpc) is 3.37. The molecule has 1 aromatic heterocycles. The summed E-state index contributed by atoms with van der Waals surface area (Å²) in [7, 11) is 0. The van der Waals surface area contributed by atoms with Crippen molar-refractivity contribution in [2.75, 3.05) is 13.1 Å². The van der Waals surface area contributed by atoms with E-state index < -0.39 is 0 Å². The molecule has 0 spiro atoms. The lowest BCUT2D eigenvalue weighted by Crippen LogP contribution is -2.35. The van der Waals surface area contributed by atoms with Crippen LogP contribution in [0.3, 0.4) is 0 Å². The Morgan fingerprint density at radius 3 is 2.48 bits per heavy atom. The molecule has 0 aliphatic carbocycles. The van der Waals surface area contributed by atoms with E-state index in [0.29, 0.717) is 6.42 Å². The van der Waals surface area contributed by atoms with Crippen molar-refractivity contribution >= 4 is 27.7 Å². The number of fused-ring (bicyclic) bond motifs is 3. The van der Waals surface area contributed by atoms with Gasteiger partial charge in [-0.1, -0.05) is 54.6 Å². The standard InChI is InChI=1S/C27H29N3O/c1-2-30-25-12-7-6-11-22(25)23-17-20(14-15-26(23)30)18-28-24(21-9-4-3-5-10-21)19-29-16-8-13-27(29)31/h3-7,9-12,14-15,17,24,28H,2,8,13,16,18-19H2,1H3. The highest BCUT2D eigenvalue weighted by atomic mass is 16.2. The Balaban J connectivity index is 1.42. The molecule has 158 valence electrons. The molecular weight excluding hydrogens is 382 g/mol. The predicted molar refractivity (Wildman–Crippen MR) is 127 cm³/mol. The zero-order valence-corrected chi connectivity index (χ0v) is 18.1. The molecule has 4 heteroatoms. The molecule has 1 atom stereocenters. The van der Waals surface area contributed by atoms with Crippen LogP contribution in [0, 0.1) is 0 Å². The molecule has 0 bridgehead atoms. The summed E-state index contributed by atoms with van der Waals surface area (Å²) in [6.07, 6.45) is 1.65. The van der Waals surface area contributed by atoms with Gasteiger partial charge in [0.25, 0.3) is 0 Å². The third kappa shape index (κ3) is 3.84. The van der Waals surface area contributed by atoms with Crippen molar-refractivity contribution in [2.24, 2.45) is 0 Å². The molecule has 0 saturated carbocycles. The van der Waals surface area contributed by atoms with Crippen LogP contribution in [0.15, 0.2) is 72.8 Å². The number of aryl methyl sites for hydroxylation is 1. The summed E-state index contributed by atoms with van der Waals surface area (Å²) in [5.41, 5.74) is 5.07. The lowest BCUT2D eigenvalue weighted by molar-refractivity contribution is -0.128.